The van der Waals surface area contributed by atoms with Gasteiger partial charge in [-0.3, -0.25) is 0 Å². The summed E-state index contributed by atoms with van der Waals surface area (Å²) >= 11 is 9.59. The van der Waals surface area contributed by atoms with Gasteiger partial charge in [0, 0.05) is 15.6 Å². The number of hydrogen-bond acceptors (Lipinski definition) is 2. The molecule has 2 aromatic rings. The maximum absolute atomic E-state index is 10.5. The number of aliphatic hydroxyl groups excluding tert-OH is 1. The molecule has 0 amide bonds. The molecule has 0 aliphatic heterocycles. The van der Waals surface area contributed by atoms with Crippen LogP contribution in [-0.2, 0) is 0 Å². The van der Waals surface area contributed by atoms with Gasteiger partial charge in [-0.25, -0.2) is 0 Å². The van der Waals surface area contributed by atoms with Gasteiger partial charge in [0.05, 0.1) is 12.1 Å². The molecule has 19 heavy (non-hydrogen) atoms. The number of ether oxygens (including phenoxy) is 1. The lowest BCUT2D eigenvalue weighted by molar-refractivity contribution is 0.214. The molecular weight excluding hydrogens is 328 g/mol. The molecule has 0 bridgehead atoms. The molecule has 0 radical (unpaired) electrons. The molecule has 1 unspecified atom stereocenters. The van der Waals surface area contributed by atoms with Crippen LogP contribution in [0.25, 0.3) is 0 Å². The predicted molar refractivity (Wildman–Crippen MR) is 80.9 cm³/mol. The Kier molecular flexibility index (Phi) is 4.50. The van der Waals surface area contributed by atoms with Gasteiger partial charge in [0.1, 0.15) is 11.9 Å². The van der Waals surface area contributed by atoms with Crippen molar-refractivity contribution in [3.8, 4) is 5.75 Å². The van der Waals surface area contributed by atoms with E-state index in [1.54, 1.807) is 13.2 Å². The van der Waals surface area contributed by atoms with Crippen LogP contribution in [0, 0.1) is 6.92 Å². The fourth-order valence-corrected chi connectivity index (χ4v) is 2.58. The average Bonchev–Trinajstić information content (AvgIpc) is 2.41. The Balaban J connectivity index is 2.52. The summed E-state index contributed by atoms with van der Waals surface area (Å²) in [6.07, 6.45) is -0.820. The van der Waals surface area contributed by atoms with Crippen LogP contribution in [0.5, 0.6) is 5.75 Å². The number of hydrogen-bond donors (Lipinski definition) is 1. The van der Waals surface area contributed by atoms with Gasteiger partial charge >= 0.3 is 0 Å². The standard InChI is InChI=1S/C15H14BrClO2/c1-9-6-7-13(19-2)11(8-9)15(18)10-4-3-5-12(16)14(10)17/h3-8,15,18H,1-2H3. The molecule has 1 atom stereocenters. The van der Waals surface area contributed by atoms with Crippen molar-refractivity contribution >= 4 is 27.5 Å². The van der Waals surface area contributed by atoms with Gasteiger partial charge in [-0.2, -0.15) is 0 Å². The zero-order valence-electron chi connectivity index (χ0n) is 10.7. The normalized spacial score (nSPS) is 12.3. The zero-order chi connectivity index (χ0) is 14.0. The molecule has 0 heterocycles. The fraction of sp³-hybridized carbons (Fsp3) is 0.200. The number of aliphatic hydroxyl groups is 1. The predicted octanol–water partition coefficient (Wildman–Crippen LogP) is 4.50. The molecule has 0 spiro atoms. The van der Waals surface area contributed by atoms with E-state index in [0.29, 0.717) is 21.9 Å². The molecule has 0 fully saturated rings. The second kappa shape index (κ2) is 5.95. The molecule has 2 aromatic carbocycles. The first-order valence-corrected chi connectivity index (χ1v) is 6.98. The third-order valence-electron chi connectivity index (χ3n) is 2.96. The molecule has 0 aliphatic carbocycles. The Bertz CT molecular complexity index is 599. The lowest BCUT2D eigenvalue weighted by Crippen LogP contribution is -2.04. The fourth-order valence-electron chi connectivity index (χ4n) is 1.97. The number of methoxy groups -OCH3 is 1. The van der Waals surface area contributed by atoms with Crippen molar-refractivity contribution < 1.29 is 9.84 Å². The minimum absolute atomic E-state index is 0.513. The van der Waals surface area contributed by atoms with Crippen molar-refractivity contribution in [1.82, 2.24) is 0 Å². The van der Waals surface area contributed by atoms with Gasteiger partial charge < -0.3 is 9.84 Å². The highest BCUT2D eigenvalue weighted by molar-refractivity contribution is 9.10. The van der Waals surface area contributed by atoms with Crippen molar-refractivity contribution in [2.75, 3.05) is 7.11 Å². The van der Waals surface area contributed by atoms with Crippen LogP contribution in [0.1, 0.15) is 22.8 Å². The molecule has 0 aliphatic rings. The van der Waals surface area contributed by atoms with E-state index in [9.17, 15) is 5.11 Å². The molecular formula is C15H14BrClO2. The van der Waals surface area contributed by atoms with Crippen LogP contribution in [0.4, 0.5) is 0 Å². The summed E-state index contributed by atoms with van der Waals surface area (Å²) in [5, 5.41) is 11.1. The van der Waals surface area contributed by atoms with Crippen LogP contribution in [0.15, 0.2) is 40.9 Å². The van der Waals surface area contributed by atoms with Gasteiger partial charge in [-0.05, 0) is 41.1 Å². The SMILES string of the molecule is COc1ccc(C)cc1C(O)c1cccc(Br)c1Cl. The minimum Gasteiger partial charge on any atom is -0.496 e. The highest BCUT2D eigenvalue weighted by Crippen LogP contribution is 2.36. The number of aryl methyl sites for hydroxylation is 1. The molecule has 2 nitrogen and oxygen atoms in total. The number of rotatable bonds is 3. The number of halogens is 2. The Labute approximate surface area is 126 Å². The summed E-state index contributed by atoms with van der Waals surface area (Å²) in [7, 11) is 1.59. The monoisotopic (exact) mass is 340 g/mol. The molecule has 2 rings (SSSR count). The highest BCUT2D eigenvalue weighted by Gasteiger charge is 2.19. The summed E-state index contributed by atoms with van der Waals surface area (Å²) in [6.45, 7) is 1.97. The molecule has 0 saturated heterocycles. The lowest BCUT2D eigenvalue weighted by atomic mass is 9.99. The lowest BCUT2D eigenvalue weighted by Gasteiger charge is -2.17. The first-order chi connectivity index (χ1) is 9.04. The topological polar surface area (TPSA) is 29.5 Å². The Morgan fingerprint density at radius 1 is 1.21 bits per heavy atom. The van der Waals surface area contributed by atoms with Crippen LogP contribution in [-0.4, -0.2) is 12.2 Å². The number of benzene rings is 2. The summed E-state index contributed by atoms with van der Waals surface area (Å²) in [5.41, 5.74) is 2.42. The van der Waals surface area contributed by atoms with Crippen molar-refractivity contribution in [1.29, 1.82) is 0 Å². The zero-order valence-corrected chi connectivity index (χ0v) is 13.0. The molecule has 100 valence electrons. The van der Waals surface area contributed by atoms with E-state index in [0.717, 1.165) is 10.0 Å². The van der Waals surface area contributed by atoms with E-state index in [1.165, 1.54) is 0 Å². The first-order valence-electron chi connectivity index (χ1n) is 5.81. The smallest absolute Gasteiger partial charge is 0.125 e. The quantitative estimate of drug-likeness (QED) is 0.890. The minimum atomic E-state index is -0.820. The van der Waals surface area contributed by atoms with E-state index in [-0.39, 0.29) is 0 Å². The van der Waals surface area contributed by atoms with Gasteiger partial charge in [-0.1, -0.05) is 35.4 Å². The van der Waals surface area contributed by atoms with Crippen LogP contribution in [0.2, 0.25) is 5.02 Å². The van der Waals surface area contributed by atoms with Gasteiger partial charge in [0.2, 0.25) is 0 Å². The van der Waals surface area contributed by atoms with Gasteiger partial charge in [-0.15, -0.1) is 0 Å². The molecule has 0 saturated carbocycles. The first kappa shape index (κ1) is 14.4. The molecule has 4 heteroatoms. The molecule has 0 aromatic heterocycles. The molecule has 1 N–H and O–H groups in total. The Morgan fingerprint density at radius 2 is 1.95 bits per heavy atom. The Morgan fingerprint density at radius 3 is 2.63 bits per heavy atom. The second-order valence-corrected chi connectivity index (χ2v) is 5.52. The second-order valence-electron chi connectivity index (χ2n) is 4.29. The van der Waals surface area contributed by atoms with Crippen LogP contribution >= 0.6 is 27.5 Å². The highest BCUT2D eigenvalue weighted by atomic mass is 79.9. The van der Waals surface area contributed by atoms with E-state index >= 15 is 0 Å². The summed E-state index contributed by atoms with van der Waals surface area (Å²) in [6, 6.07) is 11.2. The summed E-state index contributed by atoms with van der Waals surface area (Å²) < 4.78 is 6.06. The van der Waals surface area contributed by atoms with Crippen LogP contribution < -0.4 is 4.74 Å². The van der Waals surface area contributed by atoms with Crippen molar-refractivity contribution in [3.63, 3.8) is 0 Å². The van der Waals surface area contributed by atoms with E-state index in [4.69, 9.17) is 16.3 Å². The van der Waals surface area contributed by atoms with Gasteiger partial charge in [0.25, 0.3) is 0 Å². The largest absolute Gasteiger partial charge is 0.496 e. The Hall–Kier alpha value is -1.03. The maximum Gasteiger partial charge on any atom is 0.125 e. The van der Waals surface area contributed by atoms with E-state index in [2.05, 4.69) is 15.9 Å². The van der Waals surface area contributed by atoms with Crippen molar-refractivity contribution in [3.05, 3.63) is 62.6 Å². The van der Waals surface area contributed by atoms with Gasteiger partial charge in [0.15, 0.2) is 0 Å². The van der Waals surface area contributed by atoms with Crippen molar-refractivity contribution in [2.24, 2.45) is 0 Å². The van der Waals surface area contributed by atoms with Crippen molar-refractivity contribution in [2.45, 2.75) is 13.0 Å². The van der Waals surface area contributed by atoms with E-state index in [1.807, 2.05) is 37.3 Å². The third kappa shape index (κ3) is 2.94. The third-order valence-corrected chi connectivity index (χ3v) is 4.27. The summed E-state index contributed by atoms with van der Waals surface area (Å²) in [5.74, 6) is 0.647. The maximum atomic E-state index is 10.5. The van der Waals surface area contributed by atoms with E-state index < -0.39 is 6.10 Å². The van der Waals surface area contributed by atoms with Crippen LogP contribution in [0.3, 0.4) is 0 Å². The summed E-state index contributed by atoms with van der Waals surface area (Å²) in [4.78, 5) is 0. The average molecular weight is 342 g/mol.